The molecule has 5 heteroatoms. The first-order valence-corrected chi connectivity index (χ1v) is 7.27. The maximum Gasteiger partial charge on any atom is 0.270 e. The lowest BCUT2D eigenvalue weighted by Gasteiger charge is -2.13. The van der Waals surface area contributed by atoms with Crippen molar-refractivity contribution >= 4 is 23.0 Å². The highest BCUT2D eigenvalue weighted by molar-refractivity contribution is 5.92. The van der Waals surface area contributed by atoms with Crippen molar-refractivity contribution in [2.45, 2.75) is 19.9 Å². The Morgan fingerprint density at radius 3 is 2.18 bits per heavy atom. The van der Waals surface area contributed by atoms with E-state index in [0.29, 0.717) is 5.69 Å². The summed E-state index contributed by atoms with van der Waals surface area (Å²) in [5.74, 6) is -0.156. The minimum Gasteiger partial charge on any atom is -0.378 e. The largest absolute Gasteiger partial charge is 0.378 e. The zero-order valence-electron chi connectivity index (χ0n) is 13.4. The maximum atomic E-state index is 11.8. The van der Waals surface area contributed by atoms with Gasteiger partial charge in [-0.2, -0.15) is 0 Å². The van der Waals surface area contributed by atoms with E-state index in [4.69, 9.17) is 0 Å². The van der Waals surface area contributed by atoms with Crippen molar-refractivity contribution in [3.8, 4) is 0 Å². The SMILES string of the molecule is CC(C)NC(=O)c1ccc(Nc2ccc(N(C)C)cc2)cn1. The number of hydrogen-bond donors (Lipinski definition) is 2. The molecule has 2 aromatic rings. The van der Waals surface area contributed by atoms with Gasteiger partial charge < -0.3 is 15.5 Å². The minimum absolute atomic E-state index is 0.0994. The number of amides is 1. The van der Waals surface area contributed by atoms with Crippen molar-refractivity contribution in [1.82, 2.24) is 10.3 Å². The van der Waals surface area contributed by atoms with E-state index in [-0.39, 0.29) is 11.9 Å². The normalized spacial score (nSPS) is 10.4. The smallest absolute Gasteiger partial charge is 0.270 e. The summed E-state index contributed by atoms with van der Waals surface area (Å²) in [6.07, 6.45) is 1.66. The van der Waals surface area contributed by atoms with Crippen LogP contribution in [0.2, 0.25) is 0 Å². The molecule has 0 saturated heterocycles. The second-order valence-electron chi connectivity index (χ2n) is 5.63. The van der Waals surface area contributed by atoms with Gasteiger partial charge in [-0.3, -0.25) is 4.79 Å². The number of carbonyl (C=O) groups excluding carboxylic acids is 1. The second kappa shape index (κ2) is 6.93. The number of pyridine rings is 1. The van der Waals surface area contributed by atoms with Crippen LogP contribution in [0.25, 0.3) is 0 Å². The van der Waals surface area contributed by atoms with Crippen LogP contribution in [-0.2, 0) is 0 Å². The third kappa shape index (κ3) is 4.22. The molecule has 2 rings (SSSR count). The van der Waals surface area contributed by atoms with Crippen molar-refractivity contribution in [2.75, 3.05) is 24.3 Å². The number of aromatic nitrogens is 1. The van der Waals surface area contributed by atoms with Gasteiger partial charge in [0.15, 0.2) is 0 Å². The number of carbonyl (C=O) groups is 1. The van der Waals surface area contributed by atoms with E-state index >= 15 is 0 Å². The summed E-state index contributed by atoms with van der Waals surface area (Å²) in [6.45, 7) is 3.84. The van der Waals surface area contributed by atoms with Crippen molar-refractivity contribution in [3.05, 3.63) is 48.3 Å². The fourth-order valence-corrected chi connectivity index (χ4v) is 1.95. The molecule has 0 radical (unpaired) electrons. The standard InChI is InChI=1S/C17H22N4O/c1-12(2)19-17(22)16-10-7-14(11-18-16)20-13-5-8-15(9-6-13)21(3)4/h5-12,20H,1-4H3,(H,19,22). The van der Waals surface area contributed by atoms with Gasteiger partial charge in [0.1, 0.15) is 5.69 Å². The maximum absolute atomic E-state index is 11.8. The molecule has 0 unspecified atom stereocenters. The van der Waals surface area contributed by atoms with Crippen LogP contribution in [0.4, 0.5) is 17.1 Å². The average Bonchev–Trinajstić information content (AvgIpc) is 2.48. The van der Waals surface area contributed by atoms with E-state index in [2.05, 4.69) is 15.6 Å². The van der Waals surface area contributed by atoms with Crippen LogP contribution in [0.1, 0.15) is 24.3 Å². The quantitative estimate of drug-likeness (QED) is 0.891. The molecule has 0 saturated carbocycles. The molecule has 0 aliphatic heterocycles. The van der Waals surface area contributed by atoms with E-state index in [1.54, 1.807) is 12.3 Å². The average molecular weight is 298 g/mol. The third-order valence-electron chi connectivity index (χ3n) is 3.09. The summed E-state index contributed by atoms with van der Waals surface area (Å²) in [4.78, 5) is 18.1. The molecule has 1 heterocycles. The van der Waals surface area contributed by atoms with Crippen LogP contribution in [0, 0.1) is 0 Å². The lowest BCUT2D eigenvalue weighted by Crippen LogP contribution is -2.30. The molecule has 0 aliphatic carbocycles. The van der Waals surface area contributed by atoms with Gasteiger partial charge in [-0.25, -0.2) is 4.98 Å². The summed E-state index contributed by atoms with van der Waals surface area (Å²) in [6, 6.07) is 11.8. The van der Waals surface area contributed by atoms with Gasteiger partial charge in [0.05, 0.1) is 11.9 Å². The van der Waals surface area contributed by atoms with Crippen LogP contribution < -0.4 is 15.5 Å². The first kappa shape index (κ1) is 15.8. The van der Waals surface area contributed by atoms with Crippen molar-refractivity contribution in [3.63, 3.8) is 0 Å². The second-order valence-corrected chi connectivity index (χ2v) is 5.63. The summed E-state index contributed by atoms with van der Waals surface area (Å²) in [7, 11) is 4.01. The molecule has 0 atom stereocenters. The minimum atomic E-state index is -0.156. The van der Waals surface area contributed by atoms with Gasteiger partial charge in [0, 0.05) is 31.5 Å². The Labute approximate surface area is 131 Å². The van der Waals surface area contributed by atoms with Gasteiger partial charge in [0.2, 0.25) is 0 Å². The highest BCUT2D eigenvalue weighted by Gasteiger charge is 2.08. The molecule has 0 bridgehead atoms. The number of anilines is 3. The molecular formula is C17H22N4O. The number of nitrogens with one attached hydrogen (secondary N) is 2. The molecule has 0 aliphatic rings. The summed E-state index contributed by atoms with van der Waals surface area (Å²) < 4.78 is 0. The Balaban J connectivity index is 2.03. The lowest BCUT2D eigenvalue weighted by molar-refractivity contribution is 0.0938. The first-order valence-electron chi connectivity index (χ1n) is 7.27. The molecule has 1 aromatic heterocycles. The molecule has 22 heavy (non-hydrogen) atoms. The van der Waals surface area contributed by atoms with Crippen LogP contribution in [0.15, 0.2) is 42.6 Å². The lowest BCUT2D eigenvalue weighted by atomic mass is 10.2. The molecule has 1 amide bonds. The van der Waals surface area contributed by atoms with Crippen LogP contribution in [-0.4, -0.2) is 31.0 Å². The Kier molecular flexibility index (Phi) is 4.99. The molecule has 2 N–H and O–H groups in total. The number of nitrogens with zero attached hydrogens (tertiary/aromatic N) is 2. The topological polar surface area (TPSA) is 57.3 Å². The van der Waals surface area contributed by atoms with Crippen LogP contribution >= 0.6 is 0 Å². The van der Waals surface area contributed by atoms with Crippen molar-refractivity contribution < 1.29 is 4.79 Å². The van der Waals surface area contributed by atoms with E-state index in [1.807, 2.05) is 63.2 Å². The zero-order chi connectivity index (χ0) is 16.1. The van der Waals surface area contributed by atoms with Gasteiger partial charge in [-0.05, 0) is 50.2 Å². The van der Waals surface area contributed by atoms with Gasteiger partial charge in [-0.1, -0.05) is 0 Å². The number of rotatable bonds is 5. The third-order valence-corrected chi connectivity index (χ3v) is 3.09. The first-order chi connectivity index (χ1) is 10.5. The monoisotopic (exact) mass is 298 g/mol. The van der Waals surface area contributed by atoms with Crippen LogP contribution in [0.5, 0.6) is 0 Å². The van der Waals surface area contributed by atoms with Crippen LogP contribution in [0.3, 0.4) is 0 Å². The van der Waals surface area contributed by atoms with Gasteiger partial charge in [0.25, 0.3) is 5.91 Å². The number of benzene rings is 1. The summed E-state index contributed by atoms with van der Waals surface area (Å²) in [5, 5.41) is 6.08. The molecular weight excluding hydrogens is 276 g/mol. The predicted molar refractivity (Wildman–Crippen MR) is 90.9 cm³/mol. The Bertz CT molecular complexity index is 618. The van der Waals surface area contributed by atoms with Gasteiger partial charge >= 0.3 is 0 Å². The van der Waals surface area contributed by atoms with Gasteiger partial charge in [-0.15, -0.1) is 0 Å². The Hall–Kier alpha value is -2.56. The van der Waals surface area contributed by atoms with E-state index in [9.17, 15) is 4.79 Å². The predicted octanol–water partition coefficient (Wildman–Crippen LogP) is 3.03. The molecule has 0 spiro atoms. The summed E-state index contributed by atoms with van der Waals surface area (Å²) in [5.41, 5.74) is 3.39. The molecule has 116 valence electrons. The fourth-order valence-electron chi connectivity index (χ4n) is 1.95. The highest BCUT2D eigenvalue weighted by Crippen LogP contribution is 2.19. The number of hydrogen-bond acceptors (Lipinski definition) is 4. The van der Waals surface area contributed by atoms with E-state index in [0.717, 1.165) is 17.1 Å². The molecule has 0 fully saturated rings. The zero-order valence-corrected chi connectivity index (χ0v) is 13.4. The van der Waals surface area contributed by atoms with E-state index in [1.165, 1.54) is 0 Å². The molecule has 5 nitrogen and oxygen atoms in total. The van der Waals surface area contributed by atoms with Crippen molar-refractivity contribution in [2.24, 2.45) is 0 Å². The highest BCUT2D eigenvalue weighted by atomic mass is 16.1. The summed E-state index contributed by atoms with van der Waals surface area (Å²) >= 11 is 0. The van der Waals surface area contributed by atoms with Crippen molar-refractivity contribution in [1.29, 1.82) is 0 Å². The fraction of sp³-hybridized carbons (Fsp3) is 0.294. The molecule has 1 aromatic carbocycles. The Morgan fingerprint density at radius 1 is 1.05 bits per heavy atom. The van der Waals surface area contributed by atoms with E-state index < -0.39 is 0 Å². The Morgan fingerprint density at radius 2 is 1.68 bits per heavy atom.